The van der Waals surface area contributed by atoms with Crippen molar-refractivity contribution in [1.82, 2.24) is 20.1 Å². The van der Waals surface area contributed by atoms with Crippen molar-refractivity contribution in [3.63, 3.8) is 0 Å². The first kappa shape index (κ1) is 20.0. The molecule has 6 heteroatoms. The lowest BCUT2D eigenvalue weighted by atomic mass is 9.95. The molecule has 1 unspecified atom stereocenters. The van der Waals surface area contributed by atoms with Crippen LogP contribution in [0.4, 0.5) is 0 Å². The van der Waals surface area contributed by atoms with Crippen LogP contribution in [-0.2, 0) is 17.6 Å². The molecule has 156 valence electrons. The van der Waals surface area contributed by atoms with Gasteiger partial charge in [0.2, 0.25) is 5.91 Å². The van der Waals surface area contributed by atoms with Gasteiger partial charge in [-0.25, -0.2) is 0 Å². The Morgan fingerprint density at radius 1 is 1.14 bits per heavy atom. The lowest BCUT2D eigenvalue weighted by Gasteiger charge is -2.34. The van der Waals surface area contributed by atoms with E-state index in [1.54, 1.807) is 0 Å². The minimum Gasteiger partial charge on any atom is -0.358 e. The molecule has 0 bridgehead atoms. The molecule has 2 aromatic rings. The van der Waals surface area contributed by atoms with Crippen LogP contribution in [0.15, 0.2) is 18.2 Å². The van der Waals surface area contributed by atoms with Gasteiger partial charge in [-0.2, -0.15) is 0 Å². The standard InChI is InChI=1S/C23H32N4O2/c1-3-16(2)24-22(28)15-26-10-12-27(13-11-26)23(29)17-8-9-21-19(14-17)18-6-4-5-7-20(18)25-21/h8-9,14,16,25H,3-7,10-13,15H2,1-2H3,(H,24,28). The first-order valence-corrected chi connectivity index (χ1v) is 11.0. The fraction of sp³-hybridized carbons (Fsp3) is 0.565. The van der Waals surface area contributed by atoms with Crippen LogP contribution < -0.4 is 5.32 Å². The van der Waals surface area contributed by atoms with Gasteiger partial charge < -0.3 is 15.2 Å². The van der Waals surface area contributed by atoms with Crippen molar-refractivity contribution in [3.05, 3.63) is 35.0 Å². The number of H-pyrrole nitrogens is 1. The maximum absolute atomic E-state index is 13.1. The van der Waals surface area contributed by atoms with Gasteiger partial charge in [-0.05, 0) is 62.8 Å². The summed E-state index contributed by atoms with van der Waals surface area (Å²) in [6.07, 6.45) is 5.61. The van der Waals surface area contributed by atoms with Crippen molar-refractivity contribution in [2.24, 2.45) is 0 Å². The SMILES string of the molecule is CCC(C)NC(=O)CN1CCN(C(=O)c2ccc3[nH]c4c(c3c2)CCCC4)CC1. The molecule has 1 aliphatic heterocycles. The van der Waals surface area contributed by atoms with Crippen LogP contribution >= 0.6 is 0 Å². The van der Waals surface area contributed by atoms with E-state index in [9.17, 15) is 9.59 Å². The van der Waals surface area contributed by atoms with Crippen LogP contribution in [0.25, 0.3) is 10.9 Å². The number of amides is 2. The zero-order valence-electron chi connectivity index (χ0n) is 17.6. The molecular weight excluding hydrogens is 364 g/mol. The zero-order chi connectivity index (χ0) is 20.4. The van der Waals surface area contributed by atoms with Crippen LogP contribution in [0, 0.1) is 0 Å². The van der Waals surface area contributed by atoms with Crippen LogP contribution in [-0.4, -0.2) is 65.4 Å². The number of rotatable bonds is 5. The Hall–Kier alpha value is -2.34. The monoisotopic (exact) mass is 396 g/mol. The summed E-state index contributed by atoms with van der Waals surface area (Å²) in [6.45, 7) is 7.30. The van der Waals surface area contributed by atoms with Gasteiger partial charge in [-0.1, -0.05) is 6.92 Å². The molecule has 1 aromatic heterocycles. The van der Waals surface area contributed by atoms with Crippen molar-refractivity contribution < 1.29 is 9.59 Å². The third kappa shape index (κ3) is 4.32. The molecule has 0 spiro atoms. The molecule has 1 saturated heterocycles. The summed E-state index contributed by atoms with van der Waals surface area (Å²) >= 11 is 0. The van der Waals surface area contributed by atoms with Crippen molar-refractivity contribution >= 4 is 22.7 Å². The first-order chi connectivity index (χ1) is 14.0. The second-order valence-corrected chi connectivity index (χ2v) is 8.49. The van der Waals surface area contributed by atoms with Gasteiger partial charge in [-0.3, -0.25) is 14.5 Å². The Balaban J connectivity index is 1.38. The van der Waals surface area contributed by atoms with Crippen LogP contribution in [0.3, 0.4) is 0 Å². The second kappa shape index (κ2) is 8.57. The maximum Gasteiger partial charge on any atom is 0.253 e. The van der Waals surface area contributed by atoms with Crippen molar-refractivity contribution in [3.8, 4) is 0 Å². The molecule has 0 saturated carbocycles. The lowest BCUT2D eigenvalue weighted by molar-refractivity contribution is -0.123. The van der Waals surface area contributed by atoms with Gasteiger partial charge in [-0.15, -0.1) is 0 Å². The summed E-state index contributed by atoms with van der Waals surface area (Å²) in [4.78, 5) is 32.7. The predicted molar refractivity (Wildman–Crippen MR) is 115 cm³/mol. The summed E-state index contributed by atoms with van der Waals surface area (Å²) in [7, 11) is 0. The molecule has 29 heavy (non-hydrogen) atoms. The Morgan fingerprint density at radius 3 is 2.66 bits per heavy atom. The minimum atomic E-state index is 0.0711. The van der Waals surface area contributed by atoms with Crippen LogP contribution in [0.1, 0.15) is 54.7 Å². The molecular formula is C23H32N4O2. The fourth-order valence-electron chi connectivity index (χ4n) is 4.46. The van der Waals surface area contributed by atoms with Gasteiger partial charge in [0.05, 0.1) is 6.54 Å². The van der Waals surface area contributed by atoms with Gasteiger partial charge in [0, 0.05) is 54.4 Å². The lowest BCUT2D eigenvalue weighted by Crippen LogP contribution is -2.51. The van der Waals surface area contributed by atoms with Crippen molar-refractivity contribution in [2.75, 3.05) is 32.7 Å². The number of benzene rings is 1. The highest BCUT2D eigenvalue weighted by Gasteiger charge is 2.24. The quantitative estimate of drug-likeness (QED) is 0.817. The summed E-state index contributed by atoms with van der Waals surface area (Å²) in [5.74, 6) is 0.170. The molecule has 1 atom stereocenters. The number of nitrogens with one attached hydrogen (secondary N) is 2. The molecule has 2 aliphatic rings. The second-order valence-electron chi connectivity index (χ2n) is 8.49. The number of nitrogens with zero attached hydrogens (tertiary/aromatic N) is 2. The molecule has 2 amide bonds. The van der Waals surface area contributed by atoms with Crippen molar-refractivity contribution in [2.45, 2.75) is 52.0 Å². The molecule has 4 rings (SSSR count). The fourth-order valence-corrected chi connectivity index (χ4v) is 4.46. The Bertz CT molecular complexity index is 896. The van der Waals surface area contributed by atoms with E-state index in [0.29, 0.717) is 19.6 Å². The molecule has 1 aromatic carbocycles. The van der Waals surface area contributed by atoms with E-state index in [2.05, 4.69) is 34.3 Å². The van der Waals surface area contributed by atoms with E-state index in [4.69, 9.17) is 0 Å². The normalized spacial score (nSPS) is 18.5. The predicted octanol–water partition coefficient (Wildman–Crippen LogP) is 2.72. The third-order valence-corrected chi connectivity index (χ3v) is 6.39. The Kier molecular flexibility index (Phi) is 5.90. The van der Waals surface area contributed by atoms with Gasteiger partial charge in [0.25, 0.3) is 5.91 Å². The number of carbonyl (C=O) groups excluding carboxylic acids is 2. The molecule has 1 fully saturated rings. The van der Waals surface area contributed by atoms with Gasteiger partial charge in [0.15, 0.2) is 0 Å². The average molecular weight is 397 g/mol. The summed E-state index contributed by atoms with van der Waals surface area (Å²) < 4.78 is 0. The van der Waals surface area contributed by atoms with Crippen LogP contribution in [0.2, 0.25) is 0 Å². The smallest absolute Gasteiger partial charge is 0.253 e. The summed E-state index contributed by atoms with van der Waals surface area (Å²) in [5.41, 5.74) is 4.66. The minimum absolute atomic E-state index is 0.0711. The molecule has 1 aliphatic carbocycles. The molecule has 2 N–H and O–H groups in total. The van der Waals surface area contributed by atoms with Crippen LogP contribution in [0.5, 0.6) is 0 Å². The maximum atomic E-state index is 13.1. The van der Waals surface area contributed by atoms with E-state index in [1.165, 1.54) is 29.5 Å². The number of fused-ring (bicyclic) bond motifs is 3. The first-order valence-electron chi connectivity index (χ1n) is 11.0. The summed E-state index contributed by atoms with van der Waals surface area (Å²) in [6, 6.07) is 6.28. The van der Waals surface area contributed by atoms with E-state index in [-0.39, 0.29) is 17.9 Å². The zero-order valence-corrected chi connectivity index (χ0v) is 17.6. The Morgan fingerprint density at radius 2 is 1.90 bits per heavy atom. The average Bonchev–Trinajstić information content (AvgIpc) is 3.11. The highest BCUT2D eigenvalue weighted by Crippen LogP contribution is 2.30. The highest BCUT2D eigenvalue weighted by molar-refractivity contribution is 5.99. The number of aryl methyl sites for hydroxylation is 2. The molecule has 2 heterocycles. The Labute approximate surface area is 172 Å². The van der Waals surface area contributed by atoms with E-state index in [1.807, 2.05) is 17.9 Å². The van der Waals surface area contributed by atoms with E-state index in [0.717, 1.165) is 43.4 Å². The highest BCUT2D eigenvalue weighted by atomic mass is 16.2. The number of carbonyl (C=O) groups is 2. The number of hydrogen-bond acceptors (Lipinski definition) is 3. The van der Waals surface area contributed by atoms with E-state index < -0.39 is 0 Å². The molecule has 0 radical (unpaired) electrons. The van der Waals surface area contributed by atoms with Crippen molar-refractivity contribution in [1.29, 1.82) is 0 Å². The summed E-state index contributed by atoms with van der Waals surface area (Å²) in [5, 5.41) is 4.23. The molecule has 6 nitrogen and oxygen atoms in total. The number of aromatic nitrogens is 1. The number of hydrogen-bond donors (Lipinski definition) is 2. The van der Waals surface area contributed by atoms with Gasteiger partial charge >= 0.3 is 0 Å². The van der Waals surface area contributed by atoms with Gasteiger partial charge in [0.1, 0.15) is 0 Å². The topological polar surface area (TPSA) is 68.4 Å². The van der Waals surface area contributed by atoms with E-state index >= 15 is 0 Å². The number of aromatic amines is 1. The third-order valence-electron chi connectivity index (χ3n) is 6.39. The number of piperazine rings is 1. The largest absolute Gasteiger partial charge is 0.358 e.